The van der Waals surface area contributed by atoms with Gasteiger partial charge in [0.25, 0.3) is 11.6 Å². The smallest absolute Gasteiger partial charge is 0.371 e. The molecule has 0 spiro atoms. The summed E-state index contributed by atoms with van der Waals surface area (Å²) in [5, 5.41) is 13.1. The highest BCUT2D eigenvalue weighted by Gasteiger charge is 2.30. The van der Waals surface area contributed by atoms with Crippen LogP contribution >= 0.6 is 0 Å². The number of carbonyl (C=O) groups is 2. The highest BCUT2D eigenvalue weighted by Crippen LogP contribution is 2.29. The van der Waals surface area contributed by atoms with Gasteiger partial charge in [0.15, 0.2) is 0 Å². The molecule has 3 rings (SSSR count). The summed E-state index contributed by atoms with van der Waals surface area (Å²) in [5.74, 6) is -0.545. The van der Waals surface area contributed by atoms with Crippen molar-refractivity contribution in [3.63, 3.8) is 0 Å². The molecule has 0 aliphatic carbocycles. The van der Waals surface area contributed by atoms with Crippen molar-refractivity contribution in [2.45, 2.75) is 19.0 Å². The van der Waals surface area contributed by atoms with E-state index in [4.69, 9.17) is 0 Å². The minimum Gasteiger partial charge on any atom is -0.371 e. The predicted molar refractivity (Wildman–Crippen MR) is 114 cm³/mol. The number of urea groups is 1. The van der Waals surface area contributed by atoms with Gasteiger partial charge in [-0.25, -0.2) is 10.2 Å². The molecule has 0 atom stereocenters. The Labute approximate surface area is 186 Å². The van der Waals surface area contributed by atoms with Crippen molar-refractivity contribution in [2.75, 3.05) is 23.3 Å². The molecule has 0 bridgehead atoms. The maximum atomic E-state index is 12.6. The standard InChI is InChI=1S/C21H20F3N5O4/c22-21(23,24)15-1-3-16(4-2-15)25-20(31)27-26-19(30)13-14-9-11-28(12-10-14)17-5-7-18(8-6-17)29(32)33/h1-8,13H,9-12H2,(H,26,30)(H2,25,27,31). The van der Waals surface area contributed by atoms with E-state index in [0.717, 1.165) is 35.5 Å². The third-order valence-electron chi connectivity index (χ3n) is 4.94. The first-order chi connectivity index (χ1) is 15.6. The number of amides is 3. The van der Waals surface area contributed by atoms with E-state index in [1.165, 1.54) is 18.2 Å². The molecule has 9 nitrogen and oxygen atoms in total. The highest BCUT2D eigenvalue weighted by molar-refractivity contribution is 5.93. The molecule has 33 heavy (non-hydrogen) atoms. The second kappa shape index (κ2) is 10.0. The first kappa shape index (κ1) is 23.6. The summed E-state index contributed by atoms with van der Waals surface area (Å²) in [4.78, 5) is 36.2. The van der Waals surface area contributed by atoms with E-state index < -0.39 is 28.6 Å². The van der Waals surface area contributed by atoms with E-state index in [0.29, 0.717) is 25.9 Å². The molecule has 1 heterocycles. The van der Waals surface area contributed by atoms with Gasteiger partial charge in [0, 0.05) is 42.7 Å². The second-order valence-corrected chi connectivity index (χ2v) is 7.21. The summed E-state index contributed by atoms with van der Waals surface area (Å²) in [6.07, 6.45) is -1.89. The van der Waals surface area contributed by atoms with Gasteiger partial charge in [-0.15, -0.1) is 0 Å². The molecule has 0 aromatic heterocycles. The van der Waals surface area contributed by atoms with E-state index in [1.54, 1.807) is 12.1 Å². The van der Waals surface area contributed by atoms with Crippen LogP contribution in [0.4, 0.5) is 35.0 Å². The Morgan fingerprint density at radius 1 is 0.970 bits per heavy atom. The summed E-state index contributed by atoms with van der Waals surface area (Å²) < 4.78 is 37.7. The van der Waals surface area contributed by atoms with E-state index in [-0.39, 0.29) is 11.4 Å². The van der Waals surface area contributed by atoms with Crippen LogP contribution in [-0.4, -0.2) is 30.0 Å². The normalized spacial score (nSPS) is 13.8. The number of nitrogens with zero attached hydrogens (tertiary/aromatic N) is 2. The third kappa shape index (κ3) is 6.69. The van der Waals surface area contributed by atoms with Crippen LogP contribution in [0, 0.1) is 10.1 Å². The first-order valence-corrected chi connectivity index (χ1v) is 9.85. The lowest BCUT2D eigenvalue weighted by Crippen LogP contribution is -2.43. The maximum absolute atomic E-state index is 12.6. The Kier molecular flexibility index (Phi) is 7.16. The number of nitro groups is 1. The van der Waals surface area contributed by atoms with Crippen molar-refractivity contribution in [2.24, 2.45) is 0 Å². The SMILES string of the molecule is O=C(C=C1CCN(c2ccc([N+](=O)[O-])cc2)CC1)NNC(=O)Nc1ccc(C(F)(F)F)cc1. The average Bonchev–Trinajstić information content (AvgIpc) is 2.78. The number of piperidine rings is 1. The fourth-order valence-corrected chi connectivity index (χ4v) is 3.23. The number of carbonyl (C=O) groups excluding carboxylic acids is 2. The zero-order valence-corrected chi connectivity index (χ0v) is 17.2. The first-order valence-electron chi connectivity index (χ1n) is 9.85. The third-order valence-corrected chi connectivity index (χ3v) is 4.94. The van der Waals surface area contributed by atoms with Gasteiger partial charge in [0.05, 0.1) is 10.5 Å². The van der Waals surface area contributed by atoms with Gasteiger partial charge in [0.1, 0.15) is 0 Å². The van der Waals surface area contributed by atoms with Crippen LogP contribution in [0.15, 0.2) is 60.2 Å². The zero-order valence-electron chi connectivity index (χ0n) is 17.2. The minimum atomic E-state index is -4.47. The maximum Gasteiger partial charge on any atom is 0.416 e. The molecule has 1 aliphatic rings. The van der Waals surface area contributed by atoms with E-state index in [1.807, 2.05) is 0 Å². The average molecular weight is 463 g/mol. The molecule has 3 amide bonds. The summed E-state index contributed by atoms with van der Waals surface area (Å²) in [7, 11) is 0. The minimum absolute atomic E-state index is 0.0166. The predicted octanol–water partition coefficient (Wildman–Crippen LogP) is 3.99. The van der Waals surface area contributed by atoms with Crippen molar-refractivity contribution in [1.29, 1.82) is 0 Å². The summed E-state index contributed by atoms with van der Waals surface area (Å²) >= 11 is 0. The van der Waals surface area contributed by atoms with Crippen LogP contribution in [0.2, 0.25) is 0 Å². The Morgan fingerprint density at radius 2 is 1.58 bits per heavy atom. The van der Waals surface area contributed by atoms with Gasteiger partial charge in [-0.1, -0.05) is 5.57 Å². The van der Waals surface area contributed by atoms with Gasteiger partial charge >= 0.3 is 12.2 Å². The fraction of sp³-hybridized carbons (Fsp3) is 0.238. The number of nitro benzene ring substituents is 1. The Balaban J connectivity index is 1.43. The topological polar surface area (TPSA) is 117 Å². The monoisotopic (exact) mass is 463 g/mol. The fourth-order valence-electron chi connectivity index (χ4n) is 3.23. The number of alkyl halides is 3. The molecule has 2 aromatic rings. The van der Waals surface area contributed by atoms with Crippen molar-refractivity contribution in [3.8, 4) is 0 Å². The van der Waals surface area contributed by atoms with E-state index in [2.05, 4.69) is 21.1 Å². The molecule has 0 radical (unpaired) electrons. The molecule has 0 saturated carbocycles. The molecule has 3 N–H and O–H groups in total. The summed E-state index contributed by atoms with van der Waals surface area (Å²) in [6.45, 7) is 1.25. The highest BCUT2D eigenvalue weighted by atomic mass is 19.4. The molecule has 2 aromatic carbocycles. The van der Waals surface area contributed by atoms with Gasteiger partial charge in [0.2, 0.25) is 0 Å². The van der Waals surface area contributed by atoms with E-state index in [9.17, 15) is 32.9 Å². The van der Waals surface area contributed by atoms with Crippen LogP contribution in [0.5, 0.6) is 0 Å². The number of anilines is 2. The number of hydrogen-bond acceptors (Lipinski definition) is 5. The number of benzene rings is 2. The number of halogens is 3. The lowest BCUT2D eigenvalue weighted by Gasteiger charge is -2.30. The van der Waals surface area contributed by atoms with Crippen molar-refractivity contribution in [3.05, 3.63) is 75.9 Å². The van der Waals surface area contributed by atoms with E-state index >= 15 is 0 Å². The molecule has 12 heteroatoms. The van der Waals surface area contributed by atoms with Gasteiger partial charge < -0.3 is 10.2 Å². The van der Waals surface area contributed by atoms with Crippen LogP contribution in [-0.2, 0) is 11.0 Å². The molecular formula is C21H20F3N5O4. The molecule has 1 saturated heterocycles. The van der Waals surface area contributed by atoms with Crippen molar-refractivity contribution >= 4 is 29.0 Å². The quantitative estimate of drug-likeness (QED) is 0.360. The largest absolute Gasteiger partial charge is 0.416 e. The number of non-ortho nitro benzene ring substituents is 1. The second-order valence-electron chi connectivity index (χ2n) is 7.21. The lowest BCUT2D eigenvalue weighted by atomic mass is 10.0. The molecule has 1 fully saturated rings. The Hall–Kier alpha value is -4.09. The van der Waals surface area contributed by atoms with Gasteiger partial charge in [-0.2, -0.15) is 13.2 Å². The number of nitrogens with one attached hydrogen (secondary N) is 3. The Morgan fingerprint density at radius 3 is 2.12 bits per heavy atom. The number of hydrazine groups is 1. The Bertz CT molecular complexity index is 1040. The molecule has 174 valence electrons. The van der Waals surface area contributed by atoms with Crippen molar-refractivity contribution < 1.29 is 27.7 Å². The molecule has 1 aliphatic heterocycles. The van der Waals surface area contributed by atoms with Crippen LogP contribution < -0.4 is 21.1 Å². The number of rotatable bonds is 4. The number of hydrogen-bond donors (Lipinski definition) is 3. The van der Waals surface area contributed by atoms with Gasteiger partial charge in [-0.05, 0) is 49.2 Å². The summed E-state index contributed by atoms with van der Waals surface area (Å²) in [6, 6.07) is 9.30. The summed E-state index contributed by atoms with van der Waals surface area (Å²) in [5.41, 5.74) is 5.37. The lowest BCUT2D eigenvalue weighted by molar-refractivity contribution is -0.384. The van der Waals surface area contributed by atoms with Gasteiger partial charge in [-0.3, -0.25) is 20.3 Å². The van der Waals surface area contributed by atoms with Crippen LogP contribution in [0.3, 0.4) is 0 Å². The van der Waals surface area contributed by atoms with Crippen molar-refractivity contribution in [1.82, 2.24) is 10.9 Å². The molecular weight excluding hydrogens is 443 g/mol. The molecule has 0 unspecified atom stereocenters. The van der Waals surface area contributed by atoms with Crippen LogP contribution in [0.25, 0.3) is 0 Å². The van der Waals surface area contributed by atoms with Crippen LogP contribution in [0.1, 0.15) is 18.4 Å². The zero-order chi connectivity index (χ0) is 24.0.